The van der Waals surface area contributed by atoms with Gasteiger partial charge in [0.2, 0.25) is 0 Å². The molecule has 1 aromatic heterocycles. The monoisotopic (exact) mass is 451 g/mol. The van der Waals surface area contributed by atoms with Gasteiger partial charge >= 0.3 is 0 Å². The van der Waals surface area contributed by atoms with E-state index >= 15 is 0 Å². The lowest BCUT2D eigenvalue weighted by Gasteiger charge is -2.24. The molecule has 33 heavy (non-hydrogen) atoms. The highest BCUT2D eigenvalue weighted by atomic mass is 19.1. The van der Waals surface area contributed by atoms with E-state index in [0.717, 1.165) is 22.6 Å². The number of hydrogen-bond acceptors (Lipinski definition) is 4. The molecule has 0 bridgehead atoms. The molecule has 1 saturated heterocycles. The van der Waals surface area contributed by atoms with Gasteiger partial charge in [-0.3, -0.25) is 14.5 Å². The van der Waals surface area contributed by atoms with Crippen molar-refractivity contribution in [2.75, 3.05) is 4.90 Å². The Morgan fingerprint density at radius 3 is 2.39 bits per heavy atom. The lowest BCUT2D eigenvalue weighted by atomic mass is 9.84. The summed E-state index contributed by atoms with van der Waals surface area (Å²) >= 11 is 0. The normalized spacial score (nSPS) is 18.2. The van der Waals surface area contributed by atoms with Gasteiger partial charge in [-0.1, -0.05) is 32.9 Å². The summed E-state index contributed by atoms with van der Waals surface area (Å²) in [4.78, 5) is 27.1. The summed E-state index contributed by atoms with van der Waals surface area (Å²) in [5.41, 5.74) is 1.25. The quantitative estimate of drug-likeness (QED) is 0.311. The molecule has 0 radical (unpaired) electrons. The molecule has 1 aliphatic heterocycles. The Bertz CT molecular complexity index is 1290. The molecule has 1 amide bonds. The van der Waals surface area contributed by atoms with Crippen LogP contribution in [0.2, 0.25) is 0 Å². The van der Waals surface area contributed by atoms with Gasteiger partial charge in [-0.2, -0.15) is 0 Å². The third-order valence-corrected chi connectivity index (χ3v) is 5.79. The minimum absolute atomic E-state index is 0.157. The molecular formula is C26H23F2NO4. The summed E-state index contributed by atoms with van der Waals surface area (Å²) in [5, 5.41) is 11.3. The molecule has 1 unspecified atom stereocenters. The molecule has 0 saturated carbocycles. The number of aliphatic hydroxyl groups excluding tert-OH is 1. The first-order valence-corrected chi connectivity index (χ1v) is 10.4. The Kier molecular flexibility index (Phi) is 5.44. The second-order valence-electron chi connectivity index (χ2n) is 9.06. The molecule has 7 heteroatoms. The van der Waals surface area contributed by atoms with Crippen molar-refractivity contribution in [3.63, 3.8) is 0 Å². The van der Waals surface area contributed by atoms with E-state index in [1.807, 2.05) is 32.9 Å². The number of hydrogen-bond donors (Lipinski definition) is 1. The Labute approximate surface area is 190 Å². The molecule has 1 N–H and O–H groups in total. The molecule has 0 spiro atoms. The Morgan fingerprint density at radius 2 is 1.79 bits per heavy atom. The van der Waals surface area contributed by atoms with Crippen molar-refractivity contribution in [2.24, 2.45) is 0 Å². The van der Waals surface area contributed by atoms with Crippen LogP contribution in [0.4, 0.5) is 14.5 Å². The summed E-state index contributed by atoms with van der Waals surface area (Å²) in [7, 11) is 0. The van der Waals surface area contributed by atoms with E-state index < -0.39 is 29.4 Å². The zero-order valence-electron chi connectivity index (χ0n) is 18.6. The molecule has 5 nitrogen and oxygen atoms in total. The van der Waals surface area contributed by atoms with Gasteiger partial charge in [0.25, 0.3) is 11.7 Å². The number of ketones is 1. The third kappa shape index (κ3) is 3.84. The average Bonchev–Trinajstić information content (AvgIpc) is 3.35. The van der Waals surface area contributed by atoms with Crippen molar-refractivity contribution in [2.45, 2.75) is 39.2 Å². The van der Waals surface area contributed by atoms with Gasteiger partial charge in [0.1, 0.15) is 29.2 Å². The van der Waals surface area contributed by atoms with E-state index in [2.05, 4.69) is 0 Å². The zero-order valence-corrected chi connectivity index (χ0v) is 18.6. The van der Waals surface area contributed by atoms with Crippen molar-refractivity contribution < 1.29 is 27.9 Å². The molecule has 1 aliphatic rings. The highest BCUT2D eigenvalue weighted by molar-refractivity contribution is 6.51. The van der Waals surface area contributed by atoms with E-state index in [-0.39, 0.29) is 28.2 Å². The Morgan fingerprint density at radius 1 is 1.06 bits per heavy atom. The second-order valence-corrected chi connectivity index (χ2v) is 9.06. The molecule has 170 valence electrons. The maximum atomic E-state index is 14.7. The average molecular weight is 451 g/mol. The van der Waals surface area contributed by atoms with Crippen LogP contribution in [0.3, 0.4) is 0 Å². The number of aryl methyl sites for hydroxylation is 1. The number of nitrogens with zero attached hydrogens (tertiary/aromatic N) is 1. The largest absolute Gasteiger partial charge is 0.507 e. The van der Waals surface area contributed by atoms with Gasteiger partial charge in [0.05, 0.1) is 17.5 Å². The van der Waals surface area contributed by atoms with Crippen molar-refractivity contribution >= 4 is 23.1 Å². The first-order chi connectivity index (χ1) is 15.5. The summed E-state index contributed by atoms with van der Waals surface area (Å²) in [6.07, 6.45) is 1.35. The number of halogens is 2. The number of furan rings is 1. The minimum Gasteiger partial charge on any atom is -0.507 e. The van der Waals surface area contributed by atoms with E-state index in [9.17, 15) is 23.5 Å². The fourth-order valence-electron chi connectivity index (χ4n) is 3.96. The predicted molar refractivity (Wildman–Crippen MR) is 120 cm³/mol. The van der Waals surface area contributed by atoms with Gasteiger partial charge in [-0.15, -0.1) is 0 Å². The van der Waals surface area contributed by atoms with Crippen molar-refractivity contribution in [1.29, 1.82) is 0 Å². The predicted octanol–water partition coefficient (Wildman–Crippen LogP) is 5.79. The van der Waals surface area contributed by atoms with Gasteiger partial charge < -0.3 is 9.52 Å². The highest BCUT2D eigenvalue weighted by Crippen LogP contribution is 2.43. The third-order valence-electron chi connectivity index (χ3n) is 5.79. The molecule has 2 heterocycles. The summed E-state index contributed by atoms with van der Waals surface area (Å²) in [5.74, 6) is -4.10. The lowest BCUT2D eigenvalue weighted by molar-refractivity contribution is -0.132. The van der Waals surface area contributed by atoms with E-state index in [1.54, 1.807) is 19.1 Å². The smallest absolute Gasteiger partial charge is 0.300 e. The van der Waals surface area contributed by atoms with Crippen LogP contribution in [0.5, 0.6) is 0 Å². The number of aliphatic hydroxyl groups is 1. The van der Waals surface area contributed by atoms with Gasteiger partial charge in [-0.25, -0.2) is 8.78 Å². The Hall–Kier alpha value is -3.74. The number of Topliss-reactive ketones (excluding diaryl/α,β-unsaturated/α-hetero) is 1. The minimum atomic E-state index is -1.22. The first kappa shape index (κ1) is 22.5. The fraction of sp³-hybridized carbons (Fsp3) is 0.231. The van der Waals surface area contributed by atoms with Crippen molar-refractivity contribution in [1.82, 2.24) is 0 Å². The van der Waals surface area contributed by atoms with Crippen LogP contribution < -0.4 is 4.90 Å². The molecular weight excluding hydrogens is 428 g/mol. The van der Waals surface area contributed by atoms with Gasteiger partial charge in [-0.05, 0) is 53.8 Å². The van der Waals surface area contributed by atoms with Gasteiger partial charge in [0.15, 0.2) is 0 Å². The second kappa shape index (κ2) is 7.99. The van der Waals surface area contributed by atoms with Crippen molar-refractivity contribution in [3.8, 4) is 0 Å². The van der Waals surface area contributed by atoms with Crippen molar-refractivity contribution in [3.05, 3.63) is 94.5 Å². The van der Waals surface area contributed by atoms with Crippen LogP contribution in [-0.4, -0.2) is 16.8 Å². The molecule has 2 aromatic carbocycles. The first-order valence-electron chi connectivity index (χ1n) is 10.4. The van der Waals surface area contributed by atoms with Crippen LogP contribution in [0.25, 0.3) is 5.76 Å². The number of amides is 1. The number of benzene rings is 2. The number of rotatable bonds is 3. The molecule has 4 rings (SSSR count). The maximum Gasteiger partial charge on any atom is 0.300 e. The standard InChI is InChI=1S/C26H23F2NO4/c1-14-7-8-15(26(2,3)4)12-17(14)23(30)21-22(20-6-5-11-33-20)29(25(32)24(21)31)19-10-9-16(27)13-18(19)28/h5-13,22,30H,1-4H3/b23-21+. The van der Waals surface area contributed by atoms with E-state index in [1.165, 1.54) is 12.3 Å². The molecule has 1 atom stereocenters. The summed E-state index contributed by atoms with van der Waals surface area (Å²) < 4.78 is 33.6. The number of carbonyl (C=O) groups is 2. The van der Waals surface area contributed by atoms with Crippen LogP contribution in [-0.2, 0) is 15.0 Å². The maximum absolute atomic E-state index is 14.7. The summed E-state index contributed by atoms with van der Waals surface area (Å²) in [6, 6.07) is 10.1. The van der Waals surface area contributed by atoms with E-state index in [4.69, 9.17) is 4.42 Å². The number of anilines is 1. The molecule has 3 aromatic rings. The zero-order chi connectivity index (χ0) is 24.1. The summed E-state index contributed by atoms with van der Waals surface area (Å²) in [6.45, 7) is 7.82. The Balaban J connectivity index is 1.97. The van der Waals surface area contributed by atoms with Crippen LogP contribution in [0.15, 0.2) is 64.8 Å². The van der Waals surface area contributed by atoms with Crippen LogP contribution in [0, 0.1) is 18.6 Å². The van der Waals surface area contributed by atoms with E-state index in [0.29, 0.717) is 17.2 Å². The topological polar surface area (TPSA) is 70.8 Å². The molecule has 0 aliphatic carbocycles. The number of carbonyl (C=O) groups excluding carboxylic acids is 2. The SMILES string of the molecule is Cc1ccc(C(C)(C)C)cc1/C(O)=C1\C(=O)C(=O)N(c2ccc(F)cc2F)C1c1ccco1. The van der Waals surface area contributed by atoms with Crippen LogP contribution >= 0.6 is 0 Å². The lowest BCUT2D eigenvalue weighted by Crippen LogP contribution is -2.30. The van der Waals surface area contributed by atoms with Gasteiger partial charge in [0, 0.05) is 11.6 Å². The fourth-order valence-corrected chi connectivity index (χ4v) is 3.96. The van der Waals surface area contributed by atoms with Crippen LogP contribution in [0.1, 0.15) is 49.3 Å². The molecule has 1 fully saturated rings. The highest BCUT2D eigenvalue weighted by Gasteiger charge is 2.49.